The molecule has 1 N–H and O–H groups in total. The number of aromatic amines is 1. The summed E-state index contributed by atoms with van der Waals surface area (Å²) in [5.74, 6) is 1.25. The fourth-order valence-electron chi connectivity index (χ4n) is 5.95. The van der Waals surface area contributed by atoms with Gasteiger partial charge in [-0.1, -0.05) is 17.7 Å². The molecule has 3 aliphatic rings. The lowest BCUT2D eigenvalue weighted by atomic mass is 9.89. The number of halogens is 1. The SMILES string of the molecule is CC1(c2cnc([C@@H]3CCc4nc(-c5cc(Cl)ccc5-n5cnnn5)cc(=O)n43)[nH]2)C=C(C(=O)OCC(=O)N2CCCC2)SC1. The number of H-pyrrole nitrogens is 1. The number of aryl methyl sites for hydroxylation is 1. The van der Waals surface area contributed by atoms with Crippen molar-refractivity contribution in [3.63, 3.8) is 0 Å². The number of imidazole rings is 1. The second-order valence-electron chi connectivity index (χ2n) is 11.3. The van der Waals surface area contributed by atoms with E-state index in [1.165, 1.54) is 28.8 Å². The summed E-state index contributed by atoms with van der Waals surface area (Å²) in [5, 5.41) is 11.9. The number of benzene rings is 1. The first-order valence-corrected chi connectivity index (χ1v) is 15.7. The van der Waals surface area contributed by atoms with Crippen LogP contribution in [0.4, 0.5) is 0 Å². The van der Waals surface area contributed by atoms with Crippen molar-refractivity contribution in [1.29, 1.82) is 0 Å². The van der Waals surface area contributed by atoms with E-state index >= 15 is 0 Å². The Bertz CT molecular complexity index is 1850. The molecule has 44 heavy (non-hydrogen) atoms. The molecular weight excluding hydrogens is 606 g/mol. The van der Waals surface area contributed by atoms with Crippen molar-refractivity contribution in [2.45, 2.75) is 44.1 Å². The zero-order chi connectivity index (χ0) is 30.4. The number of likely N-dealkylation sites (tertiary alicyclic amines) is 1. The van der Waals surface area contributed by atoms with Crippen molar-refractivity contribution >= 4 is 35.2 Å². The molecule has 0 radical (unpaired) electrons. The molecule has 1 aromatic carbocycles. The molecule has 3 aliphatic heterocycles. The van der Waals surface area contributed by atoms with E-state index in [0.717, 1.165) is 18.5 Å². The molecule has 1 saturated heterocycles. The van der Waals surface area contributed by atoms with E-state index in [2.05, 4.69) is 25.5 Å². The first-order valence-electron chi connectivity index (χ1n) is 14.3. The Kier molecular flexibility index (Phi) is 7.33. The molecule has 0 aliphatic carbocycles. The van der Waals surface area contributed by atoms with E-state index in [0.29, 0.717) is 70.2 Å². The van der Waals surface area contributed by atoms with E-state index in [1.54, 1.807) is 33.9 Å². The number of aromatic nitrogens is 8. The molecule has 15 heteroatoms. The predicted molar refractivity (Wildman–Crippen MR) is 161 cm³/mol. The van der Waals surface area contributed by atoms with Gasteiger partial charge in [0.1, 0.15) is 18.0 Å². The van der Waals surface area contributed by atoms with E-state index in [-0.39, 0.29) is 24.1 Å². The third-order valence-corrected chi connectivity index (χ3v) is 9.87. The molecule has 3 aromatic heterocycles. The lowest BCUT2D eigenvalue weighted by Gasteiger charge is -2.19. The molecule has 13 nitrogen and oxygen atoms in total. The minimum atomic E-state index is -0.503. The third kappa shape index (κ3) is 5.21. The van der Waals surface area contributed by atoms with Gasteiger partial charge in [-0.3, -0.25) is 14.2 Å². The largest absolute Gasteiger partial charge is 0.452 e. The van der Waals surface area contributed by atoms with Gasteiger partial charge in [0.2, 0.25) is 0 Å². The van der Waals surface area contributed by atoms with Gasteiger partial charge in [0, 0.05) is 59.2 Å². The number of carbonyl (C=O) groups excluding carboxylic acids is 2. The number of fused-ring (bicyclic) bond motifs is 1. The number of hydrogen-bond acceptors (Lipinski definition) is 10. The summed E-state index contributed by atoms with van der Waals surface area (Å²) < 4.78 is 8.51. The molecule has 1 fully saturated rings. The van der Waals surface area contributed by atoms with Crippen molar-refractivity contribution in [3.05, 3.63) is 80.5 Å². The number of esters is 1. The van der Waals surface area contributed by atoms with Gasteiger partial charge in [-0.15, -0.1) is 16.9 Å². The van der Waals surface area contributed by atoms with Crippen LogP contribution in [0, 0.1) is 0 Å². The van der Waals surface area contributed by atoms with Gasteiger partial charge in [-0.05, 0) is 54.8 Å². The second kappa shape index (κ2) is 11.3. The summed E-state index contributed by atoms with van der Waals surface area (Å²) in [5.41, 5.74) is 1.89. The molecule has 1 unspecified atom stereocenters. The molecule has 7 rings (SSSR count). The van der Waals surface area contributed by atoms with Gasteiger partial charge in [0.25, 0.3) is 11.5 Å². The predicted octanol–water partition coefficient (Wildman–Crippen LogP) is 2.85. The third-order valence-electron chi connectivity index (χ3n) is 8.30. The summed E-state index contributed by atoms with van der Waals surface area (Å²) in [6.07, 6.45) is 8.30. The highest BCUT2D eigenvalue weighted by Crippen LogP contribution is 2.41. The van der Waals surface area contributed by atoms with Crippen LogP contribution < -0.4 is 5.56 Å². The number of ether oxygens (including phenoxy) is 1. The lowest BCUT2D eigenvalue weighted by Crippen LogP contribution is -2.32. The minimum absolute atomic E-state index is 0.158. The highest BCUT2D eigenvalue weighted by Gasteiger charge is 2.37. The first kappa shape index (κ1) is 28.5. The van der Waals surface area contributed by atoms with Crippen LogP contribution in [0.25, 0.3) is 16.9 Å². The highest BCUT2D eigenvalue weighted by molar-refractivity contribution is 8.04. The number of nitrogens with one attached hydrogen (secondary N) is 1. The number of rotatable bonds is 7. The molecule has 6 heterocycles. The average Bonchev–Trinajstić information content (AvgIpc) is 3.84. The monoisotopic (exact) mass is 633 g/mol. The smallest absolute Gasteiger partial charge is 0.344 e. The topological polar surface area (TPSA) is 154 Å². The van der Waals surface area contributed by atoms with E-state index in [9.17, 15) is 14.4 Å². The maximum Gasteiger partial charge on any atom is 0.344 e. The molecule has 4 aromatic rings. The number of amides is 1. The summed E-state index contributed by atoms with van der Waals surface area (Å²) in [6.45, 7) is 3.20. The van der Waals surface area contributed by atoms with Gasteiger partial charge >= 0.3 is 5.97 Å². The number of allylic oxidation sites excluding steroid dienone is 1. The summed E-state index contributed by atoms with van der Waals surface area (Å²) in [6, 6.07) is 6.44. The Morgan fingerprint density at radius 2 is 2.07 bits per heavy atom. The zero-order valence-electron chi connectivity index (χ0n) is 23.8. The molecule has 0 bridgehead atoms. The fourth-order valence-corrected chi connectivity index (χ4v) is 7.34. The number of carbonyl (C=O) groups is 2. The molecule has 2 atom stereocenters. The molecular formula is C29H28ClN9O4S. The Morgan fingerprint density at radius 3 is 2.86 bits per heavy atom. The van der Waals surface area contributed by atoms with Crippen LogP contribution in [0.3, 0.4) is 0 Å². The van der Waals surface area contributed by atoms with Crippen LogP contribution in [0.2, 0.25) is 5.02 Å². The van der Waals surface area contributed by atoms with Gasteiger partial charge < -0.3 is 14.6 Å². The quantitative estimate of drug-likeness (QED) is 0.301. The van der Waals surface area contributed by atoms with E-state index in [1.807, 2.05) is 13.0 Å². The standard InChI is InChI=1S/C29H28ClN9O4S/c1-29(12-22(44-15-29)28(42)43-14-26(41)37-8-2-3-9-37)23-13-31-27(34-23)21-6-7-24-33-19(11-25(40)39(21)24)18-10-17(30)4-5-20(18)38-16-32-35-36-38/h4-5,10-13,16,21H,2-3,6-9,14-15H2,1H3,(H,31,34)/t21-,29?/m0/s1. The fraction of sp³-hybridized carbons (Fsp3) is 0.379. The van der Waals surface area contributed by atoms with Crippen molar-refractivity contribution in [2.75, 3.05) is 25.4 Å². The van der Waals surface area contributed by atoms with Crippen LogP contribution in [-0.2, 0) is 26.2 Å². The van der Waals surface area contributed by atoms with Gasteiger partial charge in [-0.2, -0.15) is 4.68 Å². The average molecular weight is 634 g/mol. The van der Waals surface area contributed by atoms with Crippen LogP contribution in [0.15, 0.2) is 52.6 Å². The van der Waals surface area contributed by atoms with E-state index in [4.69, 9.17) is 21.3 Å². The van der Waals surface area contributed by atoms with Crippen molar-refractivity contribution in [1.82, 2.24) is 44.6 Å². The van der Waals surface area contributed by atoms with Crippen LogP contribution >= 0.6 is 23.4 Å². The Balaban J connectivity index is 1.10. The number of tetrazole rings is 1. The van der Waals surface area contributed by atoms with Crippen LogP contribution in [-0.4, -0.2) is 82.0 Å². The normalized spacial score (nSPS) is 21.0. The lowest BCUT2D eigenvalue weighted by molar-refractivity contribution is -0.147. The molecule has 0 spiro atoms. The summed E-state index contributed by atoms with van der Waals surface area (Å²) in [4.78, 5) is 53.7. The Labute approximate surface area is 260 Å². The maximum atomic E-state index is 13.5. The minimum Gasteiger partial charge on any atom is -0.452 e. The first-order chi connectivity index (χ1) is 21.3. The van der Waals surface area contributed by atoms with Gasteiger partial charge in [0.05, 0.1) is 22.3 Å². The number of hydrogen-bond donors (Lipinski definition) is 1. The number of nitrogens with zero attached hydrogens (tertiary/aromatic N) is 8. The second-order valence-corrected chi connectivity index (χ2v) is 12.8. The zero-order valence-corrected chi connectivity index (χ0v) is 25.3. The van der Waals surface area contributed by atoms with Crippen LogP contribution in [0.1, 0.15) is 49.6 Å². The van der Waals surface area contributed by atoms with E-state index < -0.39 is 11.4 Å². The maximum absolute atomic E-state index is 13.5. The van der Waals surface area contributed by atoms with Crippen LogP contribution in [0.5, 0.6) is 0 Å². The highest BCUT2D eigenvalue weighted by atomic mass is 35.5. The van der Waals surface area contributed by atoms with Crippen molar-refractivity contribution < 1.29 is 14.3 Å². The molecule has 0 saturated carbocycles. The van der Waals surface area contributed by atoms with Gasteiger partial charge in [-0.25, -0.2) is 14.8 Å². The summed E-state index contributed by atoms with van der Waals surface area (Å²) >= 11 is 7.70. The summed E-state index contributed by atoms with van der Waals surface area (Å²) in [7, 11) is 0. The van der Waals surface area contributed by atoms with Crippen molar-refractivity contribution in [3.8, 4) is 16.9 Å². The molecule has 1 amide bonds. The van der Waals surface area contributed by atoms with Crippen molar-refractivity contribution in [2.24, 2.45) is 0 Å². The van der Waals surface area contributed by atoms with Gasteiger partial charge in [0.15, 0.2) is 6.61 Å². The Hall–Kier alpha value is -4.30. The Morgan fingerprint density at radius 1 is 1.23 bits per heavy atom. The number of thioether (sulfide) groups is 1. The molecule has 226 valence electrons.